The summed E-state index contributed by atoms with van der Waals surface area (Å²) in [5.74, 6) is 0.966. The molecule has 1 unspecified atom stereocenters. The van der Waals surface area contributed by atoms with Crippen LogP contribution in [0.3, 0.4) is 0 Å². The van der Waals surface area contributed by atoms with Crippen molar-refractivity contribution in [2.75, 3.05) is 13.1 Å². The Hall–Kier alpha value is -2.38. The van der Waals surface area contributed by atoms with Gasteiger partial charge in [-0.1, -0.05) is 12.8 Å². The fourth-order valence-electron chi connectivity index (χ4n) is 4.63. The minimum atomic E-state index is -0.0254. The van der Waals surface area contributed by atoms with Gasteiger partial charge in [0.1, 0.15) is 11.5 Å². The molecule has 27 heavy (non-hydrogen) atoms. The molecule has 0 radical (unpaired) electrons. The van der Waals surface area contributed by atoms with Gasteiger partial charge in [-0.25, -0.2) is 9.48 Å². The smallest absolute Gasteiger partial charge is 0.337 e. The third kappa shape index (κ3) is 3.21. The molecule has 1 saturated carbocycles. The van der Waals surface area contributed by atoms with Crippen LogP contribution in [0.2, 0.25) is 0 Å². The highest BCUT2D eigenvalue weighted by atomic mass is 16.2. The number of hydrogen-bond acceptors (Lipinski definition) is 4. The molecule has 0 N–H and O–H groups in total. The molecule has 8 nitrogen and oxygen atoms in total. The minimum Gasteiger partial charge on any atom is -0.337 e. The highest BCUT2D eigenvalue weighted by Crippen LogP contribution is 2.33. The lowest BCUT2D eigenvalue weighted by molar-refractivity contribution is 0.0691. The minimum absolute atomic E-state index is 0.00787. The summed E-state index contributed by atoms with van der Waals surface area (Å²) in [7, 11) is 3.53. The van der Waals surface area contributed by atoms with Crippen LogP contribution in [0.1, 0.15) is 72.5 Å². The van der Waals surface area contributed by atoms with E-state index in [1.54, 1.807) is 18.8 Å². The first-order valence-corrected chi connectivity index (χ1v) is 9.91. The molecule has 1 saturated heterocycles. The van der Waals surface area contributed by atoms with E-state index >= 15 is 0 Å². The first kappa shape index (κ1) is 18.0. The molecule has 2 aromatic heterocycles. The van der Waals surface area contributed by atoms with Gasteiger partial charge >= 0.3 is 5.69 Å². The van der Waals surface area contributed by atoms with Crippen LogP contribution in [0.15, 0.2) is 10.9 Å². The third-order valence-corrected chi connectivity index (χ3v) is 5.97. The summed E-state index contributed by atoms with van der Waals surface area (Å²) in [4.78, 5) is 27.6. The van der Waals surface area contributed by atoms with Crippen molar-refractivity contribution in [3.63, 3.8) is 0 Å². The zero-order valence-corrected chi connectivity index (χ0v) is 16.4. The van der Waals surface area contributed by atoms with Gasteiger partial charge in [0.25, 0.3) is 5.91 Å². The molecule has 146 valence electrons. The van der Waals surface area contributed by atoms with E-state index in [0.29, 0.717) is 12.2 Å². The van der Waals surface area contributed by atoms with Gasteiger partial charge in [0, 0.05) is 39.1 Å². The van der Waals surface area contributed by atoms with Gasteiger partial charge in [0.2, 0.25) is 0 Å². The molecule has 1 atom stereocenters. The van der Waals surface area contributed by atoms with Gasteiger partial charge in [-0.2, -0.15) is 10.2 Å². The van der Waals surface area contributed by atoms with E-state index in [9.17, 15) is 9.59 Å². The van der Waals surface area contributed by atoms with Crippen molar-refractivity contribution in [2.45, 2.75) is 57.4 Å². The quantitative estimate of drug-likeness (QED) is 0.822. The lowest BCUT2D eigenvalue weighted by Crippen LogP contribution is -2.41. The summed E-state index contributed by atoms with van der Waals surface area (Å²) in [6.45, 7) is 3.23. The van der Waals surface area contributed by atoms with E-state index in [4.69, 9.17) is 0 Å². The van der Waals surface area contributed by atoms with E-state index in [2.05, 4.69) is 10.2 Å². The molecule has 1 amide bonds. The number of hydrogen-bond donors (Lipinski definition) is 0. The molecule has 0 bridgehead atoms. The van der Waals surface area contributed by atoms with Gasteiger partial charge in [0.15, 0.2) is 0 Å². The number of aromatic nitrogens is 5. The molecule has 0 aromatic carbocycles. The Morgan fingerprint density at radius 1 is 1.07 bits per heavy atom. The van der Waals surface area contributed by atoms with Crippen molar-refractivity contribution < 1.29 is 4.79 Å². The molecule has 0 spiro atoms. The fourth-order valence-corrected chi connectivity index (χ4v) is 4.63. The molecular formula is C19H28N6O2. The van der Waals surface area contributed by atoms with E-state index in [0.717, 1.165) is 43.7 Å². The number of nitrogens with zero attached hydrogens (tertiary/aromatic N) is 6. The summed E-state index contributed by atoms with van der Waals surface area (Å²) in [5.41, 5.74) is 1.43. The van der Waals surface area contributed by atoms with Crippen LogP contribution in [-0.4, -0.2) is 48.0 Å². The van der Waals surface area contributed by atoms with Crippen LogP contribution in [0.5, 0.6) is 0 Å². The third-order valence-electron chi connectivity index (χ3n) is 5.97. The van der Waals surface area contributed by atoms with Crippen LogP contribution in [0, 0.1) is 6.92 Å². The van der Waals surface area contributed by atoms with Crippen molar-refractivity contribution in [2.24, 2.45) is 14.1 Å². The number of aryl methyl sites for hydroxylation is 3. The Morgan fingerprint density at radius 2 is 1.81 bits per heavy atom. The van der Waals surface area contributed by atoms with Crippen LogP contribution in [0.25, 0.3) is 0 Å². The van der Waals surface area contributed by atoms with Crippen LogP contribution < -0.4 is 5.69 Å². The van der Waals surface area contributed by atoms with Gasteiger partial charge < -0.3 is 4.90 Å². The number of piperidine rings is 1. The first-order valence-electron chi connectivity index (χ1n) is 9.91. The maximum atomic E-state index is 13.0. The van der Waals surface area contributed by atoms with Crippen molar-refractivity contribution in [1.82, 2.24) is 29.0 Å². The average molecular weight is 372 g/mol. The Morgan fingerprint density at radius 3 is 2.48 bits per heavy atom. The first-order chi connectivity index (χ1) is 13.0. The second-order valence-corrected chi connectivity index (χ2v) is 7.96. The second-order valence-electron chi connectivity index (χ2n) is 7.96. The fraction of sp³-hybridized carbons (Fsp3) is 0.684. The Balaban J connectivity index is 1.60. The standard InChI is InChI=1S/C19H28N6O2/c1-13-11-16(22(2)20-13)18(26)24-10-6-7-14(12-24)17-21-23(3)19(27)25(17)15-8-4-5-9-15/h11,14-15H,4-10,12H2,1-3H3. The Bertz CT molecular complexity index is 902. The number of likely N-dealkylation sites (tertiary alicyclic amines) is 1. The summed E-state index contributed by atoms with van der Waals surface area (Å²) < 4.78 is 5.02. The number of amides is 1. The summed E-state index contributed by atoms with van der Waals surface area (Å²) in [6, 6.07) is 2.09. The number of carbonyl (C=O) groups excluding carboxylic acids is 1. The van der Waals surface area contributed by atoms with Crippen LogP contribution >= 0.6 is 0 Å². The van der Waals surface area contributed by atoms with Crippen molar-refractivity contribution >= 4 is 5.91 Å². The largest absolute Gasteiger partial charge is 0.345 e. The predicted octanol–water partition coefficient (Wildman–Crippen LogP) is 1.76. The predicted molar refractivity (Wildman–Crippen MR) is 101 cm³/mol. The average Bonchev–Trinajstić information content (AvgIpc) is 3.35. The van der Waals surface area contributed by atoms with Crippen LogP contribution in [0.4, 0.5) is 0 Å². The molecule has 1 aliphatic carbocycles. The number of carbonyl (C=O) groups is 1. The monoisotopic (exact) mass is 372 g/mol. The summed E-state index contributed by atoms with van der Waals surface area (Å²) in [5, 5.41) is 8.87. The van der Waals surface area contributed by atoms with Gasteiger partial charge in [0.05, 0.1) is 5.69 Å². The van der Waals surface area contributed by atoms with Crippen LogP contribution in [-0.2, 0) is 14.1 Å². The lowest BCUT2D eigenvalue weighted by Gasteiger charge is -2.32. The maximum Gasteiger partial charge on any atom is 0.345 e. The van der Waals surface area contributed by atoms with Gasteiger partial charge in [-0.3, -0.25) is 14.0 Å². The van der Waals surface area contributed by atoms with Crippen molar-refractivity contribution in [3.05, 3.63) is 33.8 Å². The molecule has 4 rings (SSSR count). The van der Waals surface area contributed by atoms with Gasteiger partial charge in [-0.15, -0.1) is 0 Å². The lowest BCUT2D eigenvalue weighted by atomic mass is 9.96. The van der Waals surface area contributed by atoms with Crippen molar-refractivity contribution in [1.29, 1.82) is 0 Å². The normalized spacial score (nSPS) is 21.1. The SMILES string of the molecule is Cc1cc(C(=O)N2CCCC(c3nn(C)c(=O)n3C3CCCC3)C2)n(C)n1. The van der Waals surface area contributed by atoms with E-state index in [-0.39, 0.29) is 23.6 Å². The Labute approximate surface area is 158 Å². The second kappa shape index (κ2) is 6.98. The number of rotatable bonds is 3. The molecule has 1 aliphatic heterocycles. The molecule has 8 heteroatoms. The topological polar surface area (TPSA) is 78.0 Å². The van der Waals surface area contributed by atoms with E-state index in [1.165, 1.54) is 17.5 Å². The Kier molecular flexibility index (Phi) is 4.65. The maximum absolute atomic E-state index is 13.0. The molecule has 2 aromatic rings. The van der Waals surface area contributed by atoms with E-state index < -0.39 is 0 Å². The summed E-state index contributed by atoms with van der Waals surface area (Å²) in [6.07, 6.45) is 6.30. The zero-order valence-electron chi connectivity index (χ0n) is 16.4. The van der Waals surface area contributed by atoms with E-state index in [1.807, 2.05) is 22.5 Å². The van der Waals surface area contributed by atoms with Crippen molar-refractivity contribution in [3.8, 4) is 0 Å². The molecular weight excluding hydrogens is 344 g/mol. The molecule has 2 fully saturated rings. The van der Waals surface area contributed by atoms with Gasteiger partial charge in [-0.05, 0) is 38.7 Å². The zero-order chi connectivity index (χ0) is 19.1. The molecule has 2 aliphatic rings. The summed E-state index contributed by atoms with van der Waals surface area (Å²) >= 11 is 0. The highest BCUT2D eigenvalue weighted by molar-refractivity contribution is 5.92. The molecule has 3 heterocycles. The highest BCUT2D eigenvalue weighted by Gasteiger charge is 2.33.